The van der Waals surface area contributed by atoms with Crippen LogP contribution in [-0.2, 0) is 4.74 Å². The topological polar surface area (TPSA) is 35.2 Å². The van der Waals surface area contributed by atoms with Gasteiger partial charge in [0.2, 0.25) is 0 Å². The van der Waals surface area contributed by atoms with Crippen LogP contribution in [0.25, 0.3) is 0 Å². The summed E-state index contributed by atoms with van der Waals surface area (Å²) in [6.45, 7) is 5.07. The summed E-state index contributed by atoms with van der Waals surface area (Å²) < 4.78 is 6.54. The smallest absolute Gasteiger partial charge is 0.0731 e. The van der Waals surface area contributed by atoms with Crippen LogP contribution >= 0.6 is 22.6 Å². The molecule has 1 fully saturated rings. The van der Waals surface area contributed by atoms with Crippen molar-refractivity contribution in [2.75, 3.05) is 11.0 Å². The van der Waals surface area contributed by atoms with E-state index < -0.39 is 0 Å². The first-order chi connectivity index (χ1) is 4.59. The maximum Gasteiger partial charge on any atom is 0.0731 e. The zero-order valence-corrected chi connectivity index (χ0v) is 8.59. The molecule has 0 radical (unpaired) electrons. The number of halogens is 1. The Hall–Kier alpha value is 0.650. The van der Waals surface area contributed by atoms with E-state index in [2.05, 4.69) is 36.4 Å². The molecule has 0 bridgehead atoms. The van der Waals surface area contributed by atoms with Gasteiger partial charge in [0.15, 0.2) is 0 Å². The fraction of sp³-hybridized carbons (Fsp3) is 1.00. The molecule has 60 valence electrons. The minimum absolute atomic E-state index is 0.168. The summed E-state index contributed by atoms with van der Waals surface area (Å²) in [4.78, 5) is 0. The molecule has 2 nitrogen and oxygen atoms in total. The Labute approximate surface area is 75.6 Å². The van der Waals surface area contributed by atoms with Gasteiger partial charge in [-0.2, -0.15) is 0 Å². The van der Waals surface area contributed by atoms with E-state index in [1.807, 2.05) is 0 Å². The third-order valence-corrected chi connectivity index (χ3v) is 3.20. The summed E-state index contributed by atoms with van der Waals surface area (Å²) >= 11 is 2.34. The van der Waals surface area contributed by atoms with Gasteiger partial charge in [0.05, 0.1) is 12.7 Å². The average Bonchev–Trinajstić information content (AvgIpc) is 2.10. The van der Waals surface area contributed by atoms with Gasteiger partial charge in [-0.25, -0.2) is 0 Å². The zero-order chi connectivity index (χ0) is 7.78. The van der Waals surface area contributed by atoms with E-state index >= 15 is 0 Å². The SMILES string of the molecule is CC1(C)C(N)COC1CI. The Morgan fingerprint density at radius 1 is 1.70 bits per heavy atom. The Kier molecular flexibility index (Phi) is 2.58. The first-order valence-corrected chi connectivity index (χ1v) is 5.04. The van der Waals surface area contributed by atoms with E-state index in [1.165, 1.54) is 0 Å². The van der Waals surface area contributed by atoms with Gasteiger partial charge >= 0.3 is 0 Å². The quantitative estimate of drug-likeness (QED) is 0.564. The van der Waals surface area contributed by atoms with Crippen LogP contribution in [0.4, 0.5) is 0 Å². The van der Waals surface area contributed by atoms with Crippen LogP contribution in [0.2, 0.25) is 0 Å². The number of hydrogen-bond acceptors (Lipinski definition) is 2. The molecule has 1 aliphatic rings. The second-order valence-electron chi connectivity index (χ2n) is 3.40. The van der Waals surface area contributed by atoms with Crippen LogP contribution in [0.3, 0.4) is 0 Å². The molecule has 0 spiro atoms. The first-order valence-electron chi connectivity index (χ1n) is 3.52. The third-order valence-electron chi connectivity index (χ3n) is 2.40. The number of rotatable bonds is 1. The molecule has 10 heavy (non-hydrogen) atoms. The van der Waals surface area contributed by atoms with Crippen LogP contribution in [0.5, 0.6) is 0 Å². The van der Waals surface area contributed by atoms with Crippen molar-refractivity contribution < 1.29 is 4.74 Å². The van der Waals surface area contributed by atoms with Gasteiger partial charge < -0.3 is 10.5 Å². The number of alkyl halides is 1. The van der Waals surface area contributed by atoms with Crippen molar-refractivity contribution in [1.82, 2.24) is 0 Å². The lowest BCUT2D eigenvalue weighted by Crippen LogP contribution is -2.40. The zero-order valence-electron chi connectivity index (χ0n) is 6.43. The van der Waals surface area contributed by atoms with Gasteiger partial charge in [-0.15, -0.1) is 0 Å². The Bertz CT molecular complexity index is 127. The van der Waals surface area contributed by atoms with Crippen molar-refractivity contribution in [2.24, 2.45) is 11.1 Å². The largest absolute Gasteiger partial charge is 0.375 e. The first kappa shape index (κ1) is 8.74. The van der Waals surface area contributed by atoms with Crippen LogP contribution < -0.4 is 5.73 Å². The maximum absolute atomic E-state index is 5.85. The molecule has 3 heteroatoms. The van der Waals surface area contributed by atoms with E-state index in [0.717, 1.165) is 11.0 Å². The average molecular weight is 255 g/mol. The van der Waals surface area contributed by atoms with Gasteiger partial charge in [0.1, 0.15) is 0 Å². The second kappa shape index (κ2) is 2.95. The Morgan fingerprint density at radius 2 is 2.30 bits per heavy atom. The fourth-order valence-electron chi connectivity index (χ4n) is 1.13. The monoisotopic (exact) mass is 255 g/mol. The fourth-order valence-corrected chi connectivity index (χ4v) is 2.52. The highest BCUT2D eigenvalue weighted by Crippen LogP contribution is 2.33. The number of hydrogen-bond donors (Lipinski definition) is 1. The molecule has 2 atom stereocenters. The highest BCUT2D eigenvalue weighted by Gasteiger charge is 2.41. The summed E-state index contributed by atoms with van der Waals surface area (Å²) in [5.74, 6) is 0. The van der Waals surface area contributed by atoms with E-state index in [-0.39, 0.29) is 11.5 Å². The summed E-state index contributed by atoms with van der Waals surface area (Å²) in [6, 6.07) is 0.215. The van der Waals surface area contributed by atoms with Gasteiger partial charge in [0, 0.05) is 15.9 Å². The summed E-state index contributed by atoms with van der Waals surface area (Å²) in [5.41, 5.74) is 6.02. The Morgan fingerprint density at radius 3 is 2.50 bits per heavy atom. The van der Waals surface area contributed by atoms with Crippen LogP contribution in [-0.4, -0.2) is 23.2 Å². The normalized spacial score (nSPS) is 38.4. The highest BCUT2D eigenvalue weighted by atomic mass is 127. The lowest BCUT2D eigenvalue weighted by atomic mass is 9.83. The van der Waals surface area contributed by atoms with Gasteiger partial charge in [-0.05, 0) is 0 Å². The van der Waals surface area contributed by atoms with Crippen LogP contribution in [0, 0.1) is 5.41 Å². The van der Waals surface area contributed by atoms with E-state index in [4.69, 9.17) is 10.5 Å². The molecule has 1 saturated heterocycles. The van der Waals surface area contributed by atoms with Crippen molar-refractivity contribution in [3.63, 3.8) is 0 Å². The molecule has 0 aromatic carbocycles. The van der Waals surface area contributed by atoms with Gasteiger partial charge in [-0.1, -0.05) is 36.4 Å². The Balaban J connectivity index is 2.64. The van der Waals surface area contributed by atoms with Crippen molar-refractivity contribution >= 4 is 22.6 Å². The number of ether oxygens (including phenoxy) is 1. The molecule has 1 rings (SSSR count). The molecular weight excluding hydrogens is 241 g/mol. The highest BCUT2D eigenvalue weighted by molar-refractivity contribution is 14.1. The molecule has 1 heterocycles. The van der Waals surface area contributed by atoms with Crippen molar-refractivity contribution in [2.45, 2.75) is 26.0 Å². The van der Waals surface area contributed by atoms with Gasteiger partial charge in [0.25, 0.3) is 0 Å². The summed E-state index contributed by atoms with van der Waals surface area (Å²) in [6.07, 6.45) is 0.350. The molecule has 0 aliphatic carbocycles. The second-order valence-corrected chi connectivity index (χ2v) is 4.28. The third kappa shape index (κ3) is 1.31. The minimum atomic E-state index is 0.168. The molecule has 1 aliphatic heterocycles. The minimum Gasteiger partial charge on any atom is -0.375 e. The number of nitrogens with two attached hydrogens (primary N) is 1. The molecule has 2 N–H and O–H groups in total. The van der Waals surface area contributed by atoms with E-state index in [9.17, 15) is 0 Å². The van der Waals surface area contributed by atoms with Crippen LogP contribution in [0.15, 0.2) is 0 Å². The molecular formula is C7H14INO. The lowest BCUT2D eigenvalue weighted by molar-refractivity contribution is 0.0858. The van der Waals surface area contributed by atoms with E-state index in [0.29, 0.717) is 6.10 Å². The molecule has 0 saturated carbocycles. The molecule has 2 unspecified atom stereocenters. The van der Waals surface area contributed by atoms with Crippen molar-refractivity contribution in [1.29, 1.82) is 0 Å². The molecule has 0 amide bonds. The summed E-state index contributed by atoms with van der Waals surface area (Å²) in [5, 5.41) is 0. The van der Waals surface area contributed by atoms with Crippen LogP contribution in [0.1, 0.15) is 13.8 Å². The van der Waals surface area contributed by atoms with Gasteiger partial charge in [-0.3, -0.25) is 0 Å². The standard InChI is InChI=1S/C7H14INO/c1-7(2)5(9)4-10-6(7)3-8/h5-6H,3-4,9H2,1-2H3. The predicted molar refractivity (Wildman–Crippen MR) is 50.4 cm³/mol. The molecule has 0 aromatic rings. The van der Waals surface area contributed by atoms with Crippen molar-refractivity contribution in [3.8, 4) is 0 Å². The predicted octanol–water partition coefficient (Wildman–Crippen LogP) is 1.17. The lowest BCUT2D eigenvalue weighted by Gasteiger charge is -2.26. The maximum atomic E-state index is 5.85. The summed E-state index contributed by atoms with van der Waals surface area (Å²) in [7, 11) is 0. The molecule has 0 aromatic heterocycles. The van der Waals surface area contributed by atoms with Crippen molar-refractivity contribution in [3.05, 3.63) is 0 Å². The van der Waals surface area contributed by atoms with E-state index in [1.54, 1.807) is 0 Å².